The first-order valence-corrected chi connectivity index (χ1v) is 10.1. The summed E-state index contributed by atoms with van der Waals surface area (Å²) in [4.78, 5) is 14.4. The molecule has 0 spiro atoms. The molecular weight excluding hydrogens is 343 g/mol. The van der Waals surface area contributed by atoms with E-state index in [1.54, 1.807) is 0 Å². The number of nitrogens with two attached hydrogens (primary N) is 1. The number of benzene rings is 1. The van der Waals surface area contributed by atoms with Crippen LogP contribution < -0.4 is 5.73 Å². The molecule has 1 aromatic carbocycles. The maximum Gasteiger partial charge on any atom is 0.451 e. The highest BCUT2D eigenvalue weighted by Crippen LogP contribution is 2.34. The molecule has 1 aliphatic carbocycles. The van der Waals surface area contributed by atoms with Crippen LogP contribution >= 0.6 is 0 Å². The number of aliphatic carboxylic acids is 1. The van der Waals surface area contributed by atoms with E-state index in [-0.39, 0.29) is 12.2 Å². The highest BCUT2D eigenvalue weighted by Gasteiger charge is 2.46. The lowest BCUT2D eigenvalue weighted by atomic mass is 9.77. The van der Waals surface area contributed by atoms with Gasteiger partial charge >= 0.3 is 13.1 Å². The summed E-state index contributed by atoms with van der Waals surface area (Å²) in [7, 11) is -1.34. The molecule has 5 N–H and O–H groups in total. The number of likely N-dealkylation sites (tertiary alicyclic amines) is 1. The summed E-state index contributed by atoms with van der Waals surface area (Å²) in [5.74, 6) is -1.00. The maximum atomic E-state index is 11.9. The van der Waals surface area contributed by atoms with Gasteiger partial charge in [-0.25, -0.2) is 0 Å². The Morgan fingerprint density at radius 1 is 1.22 bits per heavy atom. The molecule has 3 rings (SSSR count). The van der Waals surface area contributed by atoms with Crippen molar-refractivity contribution in [2.45, 2.75) is 62.8 Å². The Morgan fingerprint density at radius 2 is 1.96 bits per heavy atom. The lowest BCUT2D eigenvalue weighted by Crippen LogP contribution is -2.55. The van der Waals surface area contributed by atoms with Crippen LogP contribution in [-0.2, 0) is 17.6 Å². The van der Waals surface area contributed by atoms with E-state index in [9.17, 15) is 9.90 Å². The fourth-order valence-corrected chi connectivity index (χ4v) is 4.76. The first-order chi connectivity index (χ1) is 12.9. The van der Waals surface area contributed by atoms with Crippen molar-refractivity contribution in [1.82, 2.24) is 4.90 Å². The van der Waals surface area contributed by atoms with Crippen LogP contribution in [0.1, 0.15) is 43.2 Å². The van der Waals surface area contributed by atoms with Gasteiger partial charge in [-0.1, -0.05) is 37.1 Å². The highest BCUT2D eigenvalue weighted by atomic mass is 16.4. The summed E-state index contributed by atoms with van der Waals surface area (Å²) in [5.41, 5.74) is 8.00. The summed E-state index contributed by atoms with van der Waals surface area (Å²) in [6.07, 6.45) is 5.83. The summed E-state index contributed by atoms with van der Waals surface area (Å²) in [5, 5.41) is 27.7. The number of unbranched alkanes of at least 4 members (excludes halogenated alkanes) is 1. The Morgan fingerprint density at radius 3 is 2.67 bits per heavy atom. The van der Waals surface area contributed by atoms with Crippen molar-refractivity contribution >= 4 is 13.1 Å². The molecule has 3 unspecified atom stereocenters. The van der Waals surface area contributed by atoms with Crippen LogP contribution in [0.5, 0.6) is 0 Å². The van der Waals surface area contributed by atoms with Crippen LogP contribution in [0.15, 0.2) is 24.3 Å². The van der Waals surface area contributed by atoms with Crippen LogP contribution in [0.25, 0.3) is 0 Å². The third-order valence-corrected chi connectivity index (χ3v) is 6.49. The van der Waals surface area contributed by atoms with Crippen LogP contribution in [0.4, 0.5) is 0 Å². The van der Waals surface area contributed by atoms with E-state index in [0.717, 1.165) is 38.8 Å². The maximum absolute atomic E-state index is 11.9. The average molecular weight is 374 g/mol. The third-order valence-electron chi connectivity index (χ3n) is 6.49. The van der Waals surface area contributed by atoms with Crippen molar-refractivity contribution in [1.29, 1.82) is 0 Å². The van der Waals surface area contributed by atoms with Crippen LogP contribution in [0.2, 0.25) is 6.32 Å². The zero-order valence-electron chi connectivity index (χ0n) is 15.9. The Labute approximate surface area is 161 Å². The number of fused-ring (bicyclic) bond motifs is 1. The molecule has 3 atom stereocenters. The van der Waals surface area contributed by atoms with Gasteiger partial charge in [-0.2, -0.15) is 0 Å². The largest absolute Gasteiger partial charge is 0.480 e. The van der Waals surface area contributed by atoms with Gasteiger partial charge in [0.05, 0.1) is 0 Å². The number of rotatable bonds is 8. The van der Waals surface area contributed by atoms with E-state index < -0.39 is 18.6 Å². The zero-order chi connectivity index (χ0) is 19.4. The van der Waals surface area contributed by atoms with Gasteiger partial charge < -0.3 is 20.9 Å². The van der Waals surface area contributed by atoms with Crippen molar-refractivity contribution in [3.8, 4) is 0 Å². The van der Waals surface area contributed by atoms with E-state index >= 15 is 0 Å². The molecule has 7 heteroatoms. The van der Waals surface area contributed by atoms with E-state index in [1.807, 2.05) is 0 Å². The first-order valence-electron chi connectivity index (χ1n) is 10.1. The van der Waals surface area contributed by atoms with E-state index in [0.29, 0.717) is 25.3 Å². The average Bonchev–Trinajstić information content (AvgIpc) is 3.15. The third kappa shape index (κ3) is 4.72. The predicted octanol–water partition coefficient (Wildman–Crippen LogP) is 1.29. The molecule has 0 amide bonds. The second-order valence-electron chi connectivity index (χ2n) is 8.22. The monoisotopic (exact) mass is 374 g/mol. The van der Waals surface area contributed by atoms with Gasteiger partial charge in [0.15, 0.2) is 0 Å². The molecule has 2 aliphatic rings. The molecule has 1 heterocycles. The molecule has 1 aliphatic heterocycles. The second-order valence-corrected chi connectivity index (χ2v) is 8.22. The van der Waals surface area contributed by atoms with Crippen molar-refractivity contribution in [2.24, 2.45) is 11.7 Å². The minimum atomic E-state index is -1.34. The highest BCUT2D eigenvalue weighted by molar-refractivity contribution is 6.40. The molecule has 6 nitrogen and oxygen atoms in total. The molecule has 0 bridgehead atoms. The van der Waals surface area contributed by atoms with E-state index in [1.165, 1.54) is 11.1 Å². The van der Waals surface area contributed by atoms with Crippen molar-refractivity contribution in [3.05, 3.63) is 35.4 Å². The van der Waals surface area contributed by atoms with Gasteiger partial charge in [-0.3, -0.25) is 9.69 Å². The molecule has 27 heavy (non-hydrogen) atoms. The number of carboxylic acids is 1. The number of aryl methyl sites for hydroxylation is 1. The second kappa shape index (κ2) is 8.73. The Hall–Kier alpha value is -1.41. The van der Waals surface area contributed by atoms with Gasteiger partial charge in [0.1, 0.15) is 5.54 Å². The van der Waals surface area contributed by atoms with Gasteiger partial charge in [-0.05, 0) is 56.1 Å². The summed E-state index contributed by atoms with van der Waals surface area (Å²) in [6, 6.07) is 9.06. The quantitative estimate of drug-likeness (QED) is 0.404. The fourth-order valence-electron chi connectivity index (χ4n) is 4.76. The molecular formula is C20H31BN2O4. The number of nitrogens with zero attached hydrogens (tertiary/aromatic N) is 1. The minimum absolute atomic E-state index is 0.0637. The van der Waals surface area contributed by atoms with Gasteiger partial charge in [0.2, 0.25) is 0 Å². The molecule has 0 radical (unpaired) electrons. The molecule has 148 valence electrons. The number of hydrogen-bond acceptors (Lipinski definition) is 5. The summed E-state index contributed by atoms with van der Waals surface area (Å²) in [6.45, 7) is 1.64. The SMILES string of the molecule is NC(CCCCB(O)O)(C(=O)O)C1CCN(C2CCc3ccccc3C2)C1. The Balaban J connectivity index is 1.59. The first kappa shape index (κ1) is 20.3. The summed E-state index contributed by atoms with van der Waals surface area (Å²) < 4.78 is 0. The molecule has 0 aromatic heterocycles. The molecule has 1 fully saturated rings. The lowest BCUT2D eigenvalue weighted by molar-refractivity contribution is -0.146. The summed E-state index contributed by atoms with van der Waals surface area (Å²) >= 11 is 0. The van der Waals surface area contributed by atoms with Gasteiger partial charge in [0, 0.05) is 18.5 Å². The number of hydrogen-bond donors (Lipinski definition) is 4. The Kier molecular flexibility index (Phi) is 6.58. The number of carbonyl (C=O) groups is 1. The van der Waals surface area contributed by atoms with E-state index in [2.05, 4.69) is 29.2 Å². The smallest absolute Gasteiger partial charge is 0.451 e. The zero-order valence-corrected chi connectivity index (χ0v) is 15.9. The number of carboxylic acid groups (broad SMARTS) is 1. The molecule has 1 aromatic rings. The predicted molar refractivity (Wildman–Crippen MR) is 105 cm³/mol. The van der Waals surface area contributed by atoms with Crippen LogP contribution in [0.3, 0.4) is 0 Å². The Bertz CT molecular complexity index is 657. The van der Waals surface area contributed by atoms with Crippen molar-refractivity contribution < 1.29 is 19.9 Å². The van der Waals surface area contributed by atoms with Gasteiger partial charge in [-0.15, -0.1) is 0 Å². The normalized spacial score (nSPS) is 25.0. The van der Waals surface area contributed by atoms with Crippen LogP contribution in [-0.4, -0.2) is 57.8 Å². The fraction of sp³-hybridized carbons (Fsp3) is 0.650. The van der Waals surface area contributed by atoms with Gasteiger partial charge in [0.25, 0.3) is 0 Å². The van der Waals surface area contributed by atoms with Crippen LogP contribution in [0, 0.1) is 5.92 Å². The topological polar surface area (TPSA) is 107 Å². The van der Waals surface area contributed by atoms with Crippen molar-refractivity contribution in [2.75, 3.05) is 13.1 Å². The molecule has 0 saturated carbocycles. The molecule has 1 saturated heterocycles. The van der Waals surface area contributed by atoms with Crippen molar-refractivity contribution in [3.63, 3.8) is 0 Å². The standard InChI is InChI=1S/C20H31BN2O4/c22-20(19(24)25,10-3-4-11-21(26)27)17-9-12-23(14-17)18-8-7-15-5-1-2-6-16(15)13-18/h1-2,5-6,17-18,26-27H,3-4,7-14,22H2,(H,24,25). The minimum Gasteiger partial charge on any atom is -0.480 e. The lowest BCUT2D eigenvalue weighted by Gasteiger charge is -2.35. The van der Waals surface area contributed by atoms with E-state index in [4.69, 9.17) is 15.8 Å².